The molecule has 0 amide bonds. The molecule has 0 aliphatic rings. The highest BCUT2D eigenvalue weighted by Crippen LogP contribution is 1.99. The van der Waals surface area contributed by atoms with Crippen LogP contribution in [-0.2, 0) is 11.3 Å². The third kappa shape index (κ3) is 6.41. The minimum atomic E-state index is -0.396. The molecule has 0 spiro atoms. The predicted molar refractivity (Wildman–Crippen MR) is 69.9 cm³/mol. The summed E-state index contributed by atoms with van der Waals surface area (Å²) < 4.78 is 5.47. The normalized spacial score (nSPS) is 14.5. The first-order valence-corrected chi connectivity index (χ1v) is 6.24. The van der Waals surface area contributed by atoms with Gasteiger partial charge in [0.25, 0.3) is 0 Å². The number of hydrogen-bond donors (Lipinski definition) is 2. The van der Waals surface area contributed by atoms with Gasteiger partial charge < -0.3 is 15.2 Å². The lowest BCUT2D eigenvalue weighted by Gasteiger charge is -2.15. The van der Waals surface area contributed by atoms with E-state index in [4.69, 9.17) is 4.74 Å². The number of ether oxygens (including phenoxy) is 1. The third-order valence-electron chi connectivity index (χ3n) is 2.73. The number of aliphatic hydroxyl groups excluding tert-OH is 1. The molecule has 2 unspecified atom stereocenters. The molecule has 17 heavy (non-hydrogen) atoms. The van der Waals surface area contributed by atoms with Crippen LogP contribution >= 0.6 is 0 Å². The summed E-state index contributed by atoms with van der Waals surface area (Å²) in [5.74, 6) is 0. The van der Waals surface area contributed by atoms with Gasteiger partial charge in [-0.25, -0.2) is 0 Å². The van der Waals surface area contributed by atoms with Gasteiger partial charge in [0, 0.05) is 13.2 Å². The van der Waals surface area contributed by atoms with Crippen molar-refractivity contribution < 1.29 is 9.84 Å². The molecule has 3 nitrogen and oxygen atoms in total. The summed E-state index contributed by atoms with van der Waals surface area (Å²) in [5, 5.41) is 12.6. The first-order valence-electron chi connectivity index (χ1n) is 6.24. The van der Waals surface area contributed by atoms with Gasteiger partial charge in [0.15, 0.2) is 0 Å². The van der Waals surface area contributed by atoms with E-state index in [9.17, 15) is 5.11 Å². The van der Waals surface area contributed by atoms with Crippen molar-refractivity contribution in [2.24, 2.45) is 0 Å². The van der Waals surface area contributed by atoms with E-state index in [1.807, 2.05) is 25.1 Å². The fraction of sp³-hybridized carbons (Fsp3) is 0.571. The molecule has 0 saturated carbocycles. The highest BCUT2D eigenvalue weighted by Gasteiger charge is 2.07. The molecule has 2 N–H and O–H groups in total. The minimum Gasteiger partial charge on any atom is -0.391 e. The fourth-order valence-electron chi connectivity index (χ4n) is 1.43. The Morgan fingerprint density at radius 3 is 2.59 bits per heavy atom. The van der Waals surface area contributed by atoms with Gasteiger partial charge in [-0.3, -0.25) is 0 Å². The van der Waals surface area contributed by atoms with E-state index in [0.717, 1.165) is 19.5 Å². The quantitative estimate of drug-likeness (QED) is 0.679. The van der Waals surface area contributed by atoms with Gasteiger partial charge in [0.2, 0.25) is 0 Å². The fourth-order valence-corrected chi connectivity index (χ4v) is 1.43. The van der Waals surface area contributed by atoms with E-state index in [1.54, 1.807) is 6.92 Å². The van der Waals surface area contributed by atoms with Gasteiger partial charge in [0.1, 0.15) is 0 Å². The minimum absolute atomic E-state index is 0.0795. The Labute approximate surface area is 104 Å². The van der Waals surface area contributed by atoms with Gasteiger partial charge in [0.05, 0.1) is 12.2 Å². The number of benzene rings is 1. The van der Waals surface area contributed by atoms with Crippen LogP contribution in [0.2, 0.25) is 0 Å². The maximum atomic E-state index is 9.23. The molecule has 1 aromatic rings. The van der Waals surface area contributed by atoms with Crippen LogP contribution in [0.1, 0.15) is 25.8 Å². The highest BCUT2D eigenvalue weighted by atomic mass is 16.5. The molecule has 96 valence electrons. The second kappa shape index (κ2) is 8.23. The maximum absolute atomic E-state index is 9.23. The monoisotopic (exact) mass is 237 g/mol. The van der Waals surface area contributed by atoms with Crippen LogP contribution in [0, 0.1) is 0 Å². The van der Waals surface area contributed by atoms with Crippen LogP contribution in [0.3, 0.4) is 0 Å². The molecule has 2 atom stereocenters. The van der Waals surface area contributed by atoms with E-state index in [1.165, 1.54) is 5.56 Å². The van der Waals surface area contributed by atoms with Crippen LogP contribution < -0.4 is 5.32 Å². The van der Waals surface area contributed by atoms with Crippen molar-refractivity contribution in [1.29, 1.82) is 0 Å². The smallest absolute Gasteiger partial charge is 0.0803 e. The standard InChI is InChI=1S/C14H23NO2/c1-12(16)13(2)17-10-6-9-15-11-14-7-4-3-5-8-14/h3-5,7-8,12-13,15-16H,6,9-11H2,1-2H3. The molecule has 0 aliphatic heterocycles. The first-order chi connectivity index (χ1) is 8.20. The van der Waals surface area contributed by atoms with Gasteiger partial charge in [-0.15, -0.1) is 0 Å². The van der Waals surface area contributed by atoms with Crippen molar-refractivity contribution in [3.8, 4) is 0 Å². The summed E-state index contributed by atoms with van der Waals surface area (Å²) in [4.78, 5) is 0. The molecule has 0 aliphatic carbocycles. The van der Waals surface area contributed by atoms with E-state index in [-0.39, 0.29) is 6.10 Å². The average Bonchev–Trinajstić information content (AvgIpc) is 2.34. The van der Waals surface area contributed by atoms with E-state index in [0.29, 0.717) is 6.61 Å². The second-order valence-corrected chi connectivity index (χ2v) is 4.33. The molecule has 1 aromatic carbocycles. The zero-order valence-electron chi connectivity index (χ0n) is 10.7. The van der Waals surface area contributed by atoms with Crippen LogP contribution in [0.5, 0.6) is 0 Å². The molecule has 0 fully saturated rings. The molecule has 0 bridgehead atoms. The Bertz CT molecular complexity index is 288. The Morgan fingerprint density at radius 2 is 1.94 bits per heavy atom. The predicted octanol–water partition coefficient (Wildman–Crippen LogP) is 1.95. The lowest BCUT2D eigenvalue weighted by Crippen LogP contribution is -2.24. The van der Waals surface area contributed by atoms with Crippen molar-refractivity contribution in [1.82, 2.24) is 5.32 Å². The average molecular weight is 237 g/mol. The molecule has 0 aromatic heterocycles. The number of nitrogens with one attached hydrogen (secondary N) is 1. The molecule has 0 heterocycles. The summed E-state index contributed by atoms with van der Waals surface area (Å²) in [7, 11) is 0. The zero-order chi connectivity index (χ0) is 12.5. The molecule has 0 saturated heterocycles. The number of hydrogen-bond acceptors (Lipinski definition) is 3. The Hall–Kier alpha value is -0.900. The van der Waals surface area contributed by atoms with Gasteiger partial charge in [-0.1, -0.05) is 30.3 Å². The van der Waals surface area contributed by atoms with Crippen molar-refractivity contribution in [2.75, 3.05) is 13.2 Å². The molecular weight excluding hydrogens is 214 g/mol. The van der Waals surface area contributed by atoms with Crippen LogP contribution in [0.4, 0.5) is 0 Å². The maximum Gasteiger partial charge on any atom is 0.0803 e. The lowest BCUT2D eigenvalue weighted by atomic mass is 10.2. The molecule has 1 rings (SSSR count). The highest BCUT2D eigenvalue weighted by molar-refractivity contribution is 5.14. The summed E-state index contributed by atoms with van der Waals surface area (Å²) in [6.45, 7) is 6.16. The van der Waals surface area contributed by atoms with Crippen molar-refractivity contribution in [3.63, 3.8) is 0 Å². The van der Waals surface area contributed by atoms with Crippen molar-refractivity contribution >= 4 is 0 Å². The van der Waals surface area contributed by atoms with Crippen molar-refractivity contribution in [2.45, 2.75) is 39.0 Å². The van der Waals surface area contributed by atoms with Crippen LogP contribution in [-0.4, -0.2) is 30.5 Å². The molecular formula is C14H23NO2. The largest absolute Gasteiger partial charge is 0.391 e. The van der Waals surface area contributed by atoms with Crippen LogP contribution in [0.25, 0.3) is 0 Å². The van der Waals surface area contributed by atoms with E-state index in [2.05, 4.69) is 17.4 Å². The van der Waals surface area contributed by atoms with Gasteiger partial charge in [-0.05, 0) is 32.4 Å². The SMILES string of the molecule is CC(O)C(C)OCCCNCc1ccccc1. The Morgan fingerprint density at radius 1 is 1.24 bits per heavy atom. The topological polar surface area (TPSA) is 41.5 Å². The number of rotatable bonds is 8. The zero-order valence-corrected chi connectivity index (χ0v) is 10.7. The van der Waals surface area contributed by atoms with Gasteiger partial charge in [-0.2, -0.15) is 0 Å². The molecule has 0 radical (unpaired) electrons. The first kappa shape index (κ1) is 14.2. The van der Waals surface area contributed by atoms with Crippen LogP contribution in [0.15, 0.2) is 30.3 Å². The summed E-state index contributed by atoms with van der Waals surface area (Å²) in [6.07, 6.45) is 0.487. The number of aliphatic hydroxyl groups is 1. The summed E-state index contributed by atoms with van der Waals surface area (Å²) in [6, 6.07) is 10.3. The second-order valence-electron chi connectivity index (χ2n) is 4.33. The van der Waals surface area contributed by atoms with E-state index < -0.39 is 6.10 Å². The van der Waals surface area contributed by atoms with E-state index >= 15 is 0 Å². The van der Waals surface area contributed by atoms with Gasteiger partial charge >= 0.3 is 0 Å². The Kier molecular flexibility index (Phi) is 6.86. The summed E-state index contributed by atoms with van der Waals surface area (Å²) >= 11 is 0. The lowest BCUT2D eigenvalue weighted by molar-refractivity contribution is -0.0187. The Balaban J connectivity index is 1.98. The van der Waals surface area contributed by atoms with Crippen molar-refractivity contribution in [3.05, 3.63) is 35.9 Å². The summed E-state index contributed by atoms with van der Waals surface area (Å²) in [5.41, 5.74) is 1.30. The third-order valence-corrected chi connectivity index (χ3v) is 2.73. The molecule has 3 heteroatoms.